The van der Waals surface area contributed by atoms with E-state index in [-0.39, 0.29) is 12.4 Å². The summed E-state index contributed by atoms with van der Waals surface area (Å²) in [6, 6.07) is 10.5. The number of hydrogen-bond donors (Lipinski definition) is 1. The fourth-order valence-corrected chi connectivity index (χ4v) is 1.20. The molecule has 0 unspecified atom stereocenters. The van der Waals surface area contributed by atoms with Gasteiger partial charge in [0.25, 0.3) is 0 Å². The Kier molecular flexibility index (Phi) is 5.77. The molecule has 0 heterocycles. The standard InChI is InChI=1S/C10H15N.ClH/c1-9(7-8-11)10-5-3-2-4-6-10;/h2-6,9H,7-8,11H2,1H3;1H/t9-;/m1./s1. The van der Waals surface area contributed by atoms with E-state index in [0.717, 1.165) is 13.0 Å². The molecule has 0 aliphatic rings. The second kappa shape index (κ2) is 6.04. The summed E-state index contributed by atoms with van der Waals surface area (Å²) in [7, 11) is 0. The summed E-state index contributed by atoms with van der Waals surface area (Å²) in [5.74, 6) is 0.598. The maximum Gasteiger partial charge on any atom is -0.00715 e. The highest BCUT2D eigenvalue weighted by atomic mass is 35.5. The predicted molar refractivity (Wildman–Crippen MR) is 55.8 cm³/mol. The van der Waals surface area contributed by atoms with Crippen LogP contribution in [0.15, 0.2) is 30.3 Å². The van der Waals surface area contributed by atoms with Gasteiger partial charge in [-0.1, -0.05) is 37.3 Å². The fraction of sp³-hybridized carbons (Fsp3) is 0.400. The molecule has 0 aromatic heterocycles. The van der Waals surface area contributed by atoms with Gasteiger partial charge in [0.1, 0.15) is 0 Å². The monoisotopic (exact) mass is 185 g/mol. The molecule has 1 aromatic carbocycles. The maximum absolute atomic E-state index is 5.47. The number of rotatable bonds is 3. The van der Waals surface area contributed by atoms with E-state index >= 15 is 0 Å². The number of hydrogen-bond acceptors (Lipinski definition) is 1. The number of nitrogens with two attached hydrogens (primary N) is 1. The first-order valence-corrected chi connectivity index (χ1v) is 4.09. The van der Waals surface area contributed by atoms with Gasteiger partial charge in [-0.15, -0.1) is 12.4 Å². The Balaban J connectivity index is 0.00000121. The van der Waals surface area contributed by atoms with Crippen LogP contribution in [0.5, 0.6) is 0 Å². The predicted octanol–water partition coefficient (Wildman–Crippen LogP) is 2.56. The lowest BCUT2D eigenvalue weighted by Crippen LogP contribution is -2.04. The van der Waals surface area contributed by atoms with Gasteiger partial charge in [-0.3, -0.25) is 0 Å². The Labute approximate surface area is 80.4 Å². The van der Waals surface area contributed by atoms with Gasteiger partial charge in [0.05, 0.1) is 0 Å². The molecule has 0 aliphatic carbocycles. The smallest absolute Gasteiger partial charge is 0.00715 e. The van der Waals surface area contributed by atoms with E-state index in [1.165, 1.54) is 5.56 Å². The topological polar surface area (TPSA) is 26.0 Å². The van der Waals surface area contributed by atoms with Crippen molar-refractivity contribution in [3.63, 3.8) is 0 Å². The van der Waals surface area contributed by atoms with Gasteiger partial charge in [0.2, 0.25) is 0 Å². The first-order chi connectivity index (χ1) is 5.34. The molecule has 1 aromatic rings. The molecular weight excluding hydrogens is 170 g/mol. The van der Waals surface area contributed by atoms with E-state index in [2.05, 4.69) is 31.2 Å². The van der Waals surface area contributed by atoms with E-state index < -0.39 is 0 Å². The SMILES string of the molecule is C[C@H](CCN)c1ccccc1.Cl. The van der Waals surface area contributed by atoms with Crippen LogP contribution in [0.4, 0.5) is 0 Å². The molecule has 0 radical (unpaired) electrons. The zero-order chi connectivity index (χ0) is 8.10. The van der Waals surface area contributed by atoms with Crippen LogP contribution in [0.3, 0.4) is 0 Å². The van der Waals surface area contributed by atoms with E-state index in [0.29, 0.717) is 5.92 Å². The third-order valence-electron chi connectivity index (χ3n) is 1.97. The van der Waals surface area contributed by atoms with Crippen LogP contribution >= 0.6 is 12.4 Å². The van der Waals surface area contributed by atoms with Crippen LogP contribution in [0.1, 0.15) is 24.8 Å². The van der Waals surface area contributed by atoms with Gasteiger partial charge >= 0.3 is 0 Å². The molecule has 2 heteroatoms. The van der Waals surface area contributed by atoms with Crippen LogP contribution in [0.2, 0.25) is 0 Å². The quantitative estimate of drug-likeness (QED) is 0.770. The molecular formula is C10H16ClN. The van der Waals surface area contributed by atoms with Gasteiger partial charge in [-0.05, 0) is 24.4 Å². The summed E-state index contributed by atoms with van der Waals surface area (Å²) in [6.07, 6.45) is 1.07. The summed E-state index contributed by atoms with van der Waals surface area (Å²) in [6.45, 7) is 2.98. The summed E-state index contributed by atoms with van der Waals surface area (Å²) >= 11 is 0. The Morgan fingerprint density at radius 1 is 1.25 bits per heavy atom. The van der Waals surface area contributed by atoms with Gasteiger partial charge in [-0.2, -0.15) is 0 Å². The van der Waals surface area contributed by atoms with Crippen molar-refractivity contribution in [1.29, 1.82) is 0 Å². The first-order valence-electron chi connectivity index (χ1n) is 4.09. The molecule has 68 valence electrons. The van der Waals surface area contributed by atoms with Crippen molar-refractivity contribution in [3.05, 3.63) is 35.9 Å². The van der Waals surface area contributed by atoms with Crippen LogP contribution in [0, 0.1) is 0 Å². The van der Waals surface area contributed by atoms with Gasteiger partial charge < -0.3 is 5.73 Å². The lowest BCUT2D eigenvalue weighted by atomic mass is 9.98. The number of benzene rings is 1. The molecule has 0 saturated heterocycles. The van der Waals surface area contributed by atoms with Crippen molar-refractivity contribution in [2.24, 2.45) is 5.73 Å². The Morgan fingerprint density at radius 3 is 2.33 bits per heavy atom. The van der Waals surface area contributed by atoms with Crippen LogP contribution in [-0.4, -0.2) is 6.54 Å². The molecule has 1 nitrogen and oxygen atoms in total. The molecule has 0 amide bonds. The van der Waals surface area contributed by atoms with Crippen molar-refractivity contribution in [2.75, 3.05) is 6.54 Å². The normalized spacial score (nSPS) is 11.8. The highest BCUT2D eigenvalue weighted by molar-refractivity contribution is 5.85. The molecule has 1 atom stereocenters. The molecule has 0 aliphatic heterocycles. The van der Waals surface area contributed by atoms with Crippen molar-refractivity contribution < 1.29 is 0 Å². The highest BCUT2D eigenvalue weighted by Gasteiger charge is 2.01. The van der Waals surface area contributed by atoms with Gasteiger partial charge in [0, 0.05) is 0 Å². The average molecular weight is 186 g/mol. The Morgan fingerprint density at radius 2 is 1.83 bits per heavy atom. The summed E-state index contributed by atoms with van der Waals surface area (Å²) in [5, 5.41) is 0. The largest absolute Gasteiger partial charge is 0.330 e. The lowest BCUT2D eigenvalue weighted by molar-refractivity contribution is 0.690. The van der Waals surface area contributed by atoms with Crippen molar-refractivity contribution in [2.45, 2.75) is 19.3 Å². The zero-order valence-corrected chi connectivity index (χ0v) is 8.18. The van der Waals surface area contributed by atoms with E-state index in [9.17, 15) is 0 Å². The lowest BCUT2D eigenvalue weighted by Gasteiger charge is -2.08. The molecule has 0 spiro atoms. The molecule has 0 saturated carbocycles. The fourth-order valence-electron chi connectivity index (χ4n) is 1.20. The van der Waals surface area contributed by atoms with E-state index in [1.54, 1.807) is 0 Å². The zero-order valence-electron chi connectivity index (χ0n) is 7.36. The minimum Gasteiger partial charge on any atom is -0.330 e. The second-order valence-electron chi connectivity index (χ2n) is 2.89. The minimum absolute atomic E-state index is 0. The third kappa shape index (κ3) is 3.24. The Hall–Kier alpha value is -0.530. The molecule has 0 bridgehead atoms. The van der Waals surface area contributed by atoms with Crippen LogP contribution in [0.25, 0.3) is 0 Å². The van der Waals surface area contributed by atoms with Crippen LogP contribution < -0.4 is 5.73 Å². The van der Waals surface area contributed by atoms with Crippen molar-refractivity contribution in [3.8, 4) is 0 Å². The molecule has 1 rings (SSSR count). The van der Waals surface area contributed by atoms with Gasteiger partial charge in [-0.25, -0.2) is 0 Å². The summed E-state index contributed by atoms with van der Waals surface area (Å²) in [4.78, 5) is 0. The molecule has 12 heavy (non-hydrogen) atoms. The number of halogens is 1. The first kappa shape index (κ1) is 11.5. The van der Waals surface area contributed by atoms with Crippen LogP contribution in [-0.2, 0) is 0 Å². The van der Waals surface area contributed by atoms with Crippen molar-refractivity contribution in [1.82, 2.24) is 0 Å². The van der Waals surface area contributed by atoms with Crippen molar-refractivity contribution >= 4 is 12.4 Å². The molecule has 2 N–H and O–H groups in total. The van der Waals surface area contributed by atoms with E-state index in [4.69, 9.17) is 5.73 Å². The van der Waals surface area contributed by atoms with E-state index in [1.807, 2.05) is 6.07 Å². The second-order valence-corrected chi connectivity index (χ2v) is 2.89. The Bertz CT molecular complexity index is 198. The molecule has 0 fully saturated rings. The van der Waals surface area contributed by atoms with Gasteiger partial charge in [0.15, 0.2) is 0 Å². The highest BCUT2D eigenvalue weighted by Crippen LogP contribution is 2.16. The minimum atomic E-state index is 0. The summed E-state index contributed by atoms with van der Waals surface area (Å²) in [5.41, 5.74) is 6.85. The summed E-state index contributed by atoms with van der Waals surface area (Å²) < 4.78 is 0. The maximum atomic E-state index is 5.47. The average Bonchev–Trinajstić information content (AvgIpc) is 2.07. The third-order valence-corrected chi connectivity index (χ3v) is 1.97.